The molecule has 0 spiro atoms. The summed E-state index contributed by atoms with van der Waals surface area (Å²) in [4.78, 5) is 0. The lowest BCUT2D eigenvalue weighted by Crippen LogP contribution is -2.17. The van der Waals surface area contributed by atoms with Crippen LogP contribution in [-0.4, -0.2) is 17.2 Å². The van der Waals surface area contributed by atoms with Crippen molar-refractivity contribution in [1.29, 1.82) is 0 Å². The topological polar surface area (TPSA) is 43.8 Å². The van der Waals surface area contributed by atoms with Crippen LogP contribution in [0.15, 0.2) is 12.4 Å². The second-order valence-electron chi connectivity index (χ2n) is 3.70. The van der Waals surface area contributed by atoms with Crippen molar-refractivity contribution in [1.82, 2.24) is 9.69 Å². The van der Waals surface area contributed by atoms with Crippen molar-refractivity contribution in [2.45, 2.75) is 26.2 Å². The Morgan fingerprint density at radius 3 is 2.45 bits per heavy atom. The van der Waals surface area contributed by atoms with Crippen molar-refractivity contribution in [3.05, 3.63) is 18.0 Å². The molecule has 0 atom stereocenters. The fourth-order valence-corrected chi connectivity index (χ4v) is 0.851. The molecule has 1 rings (SSSR count). The van der Waals surface area contributed by atoms with Gasteiger partial charge >= 0.3 is 7.55 Å². The van der Waals surface area contributed by atoms with E-state index < -0.39 is 0 Å². The van der Waals surface area contributed by atoms with E-state index in [0.29, 0.717) is 7.55 Å². The van der Waals surface area contributed by atoms with E-state index >= 15 is 0 Å². The predicted molar refractivity (Wildman–Crippen MR) is 47.7 cm³/mol. The van der Waals surface area contributed by atoms with Crippen LogP contribution < -0.4 is 5.64 Å². The summed E-state index contributed by atoms with van der Waals surface area (Å²) in [6.45, 7) is 6.47. The Bertz CT molecular complexity index is 236. The highest BCUT2D eigenvalue weighted by Crippen LogP contribution is 2.20. The van der Waals surface area contributed by atoms with Crippen LogP contribution >= 0.6 is 0 Å². The minimum Gasteiger partial charge on any atom is -0.352 e. The first-order chi connectivity index (χ1) is 5.04. The van der Waals surface area contributed by atoms with Crippen LogP contribution in [0, 0.1) is 0 Å². The van der Waals surface area contributed by atoms with Crippen molar-refractivity contribution in [3.8, 4) is 0 Å². The lowest BCUT2D eigenvalue weighted by Gasteiger charge is -2.14. The molecule has 0 aliphatic carbocycles. The highest BCUT2D eigenvalue weighted by atomic mass is 15.2. The molecule has 1 aromatic heterocycles. The zero-order valence-electron chi connectivity index (χ0n) is 7.33. The second kappa shape index (κ2) is 2.70. The first-order valence-electron chi connectivity index (χ1n) is 3.77. The number of aromatic nitrogens is 2. The van der Waals surface area contributed by atoms with Gasteiger partial charge in [-0.1, -0.05) is 20.8 Å². The Balaban J connectivity index is 2.89. The molecular formula is C7H14BN3. The number of hydrogen-bond donors (Lipinski definition) is 1. The lowest BCUT2D eigenvalue weighted by molar-refractivity contribution is 0.590. The van der Waals surface area contributed by atoms with Gasteiger partial charge in [0.2, 0.25) is 0 Å². The van der Waals surface area contributed by atoms with E-state index in [2.05, 4.69) is 25.9 Å². The van der Waals surface area contributed by atoms with Gasteiger partial charge in [-0.25, -0.2) is 0 Å². The van der Waals surface area contributed by atoms with Gasteiger partial charge < -0.3 is 10.2 Å². The molecule has 4 heteroatoms. The van der Waals surface area contributed by atoms with Gasteiger partial charge in [0.05, 0.1) is 6.20 Å². The van der Waals surface area contributed by atoms with E-state index in [1.165, 1.54) is 5.56 Å². The SMILES string of the molecule is CC(C)(C)c1cnn(BN)c1. The molecule has 11 heavy (non-hydrogen) atoms. The molecule has 0 bridgehead atoms. The summed E-state index contributed by atoms with van der Waals surface area (Å²) in [7, 11) is 0.454. The Hall–Kier alpha value is -0.765. The predicted octanol–water partition coefficient (Wildman–Crippen LogP) is 0.254. The van der Waals surface area contributed by atoms with Crippen molar-refractivity contribution < 1.29 is 0 Å². The van der Waals surface area contributed by atoms with Crippen LogP contribution in [0.25, 0.3) is 0 Å². The van der Waals surface area contributed by atoms with Crippen LogP contribution in [0.1, 0.15) is 26.3 Å². The molecule has 1 heterocycles. The van der Waals surface area contributed by atoms with Crippen molar-refractivity contribution in [3.63, 3.8) is 0 Å². The standard InChI is InChI=1S/C7H14BN3/c1-7(2,3)6-4-10-11(5-6)8-9/h4-5,8H,9H2,1-3H3. The monoisotopic (exact) mass is 151 g/mol. The third kappa shape index (κ3) is 1.83. The molecule has 0 aliphatic heterocycles. The fourth-order valence-electron chi connectivity index (χ4n) is 0.851. The normalized spacial score (nSPS) is 11.6. The van der Waals surface area contributed by atoms with Gasteiger partial charge in [0.1, 0.15) is 0 Å². The molecule has 0 radical (unpaired) electrons. The van der Waals surface area contributed by atoms with Crippen LogP contribution in [-0.2, 0) is 5.41 Å². The molecule has 1 aromatic rings. The van der Waals surface area contributed by atoms with Crippen LogP contribution in [0.3, 0.4) is 0 Å². The van der Waals surface area contributed by atoms with Gasteiger partial charge in [0.15, 0.2) is 0 Å². The average Bonchev–Trinajstić information content (AvgIpc) is 2.32. The summed E-state index contributed by atoms with van der Waals surface area (Å²) in [6, 6.07) is 0. The molecule has 2 N–H and O–H groups in total. The summed E-state index contributed by atoms with van der Waals surface area (Å²) in [6.07, 6.45) is 3.85. The number of rotatable bonds is 1. The van der Waals surface area contributed by atoms with Gasteiger partial charge in [-0.05, 0) is 11.0 Å². The first kappa shape index (κ1) is 8.33. The Labute approximate surface area is 67.9 Å². The minimum absolute atomic E-state index is 0.174. The zero-order chi connectivity index (χ0) is 8.48. The van der Waals surface area contributed by atoms with Gasteiger partial charge in [0, 0.05) is 6.20 Å². The summed E-state index contributed by atoms with van der Waals surface area (Å²) in [5.41, 5.74) is 6.81. The second-order valence-corrected chi connectivity index (χ2v) is 3.70. The molecule has 60 valence electrons. The van der Waals surface area contributed by atoms with Crippen LogP contribution in [0.2, 0.25) is 0 Å². The smallest absolute Gasteiger partial charge is 0.343 e. The first-order valence-corrected chi connectivity index (χ1v) is 3.77. The zero-order valence-corrected chi connectivity index (χ0v) is 7.33. The maximum Gasteiger partial charge on any atom is 0.343 e. The van der Waals surface area contributed by atoms with E-state index in [1.54, 1.807) is 4.59 Å². The van der Waals surface area contributed by atoms with E-state index in [0.717, 1.165) is 0 Å². The van der Waals surface area contributed by atoms with E-state index in [-0.39, 0.29) is 5.41 Å². The quantitative estimate of drug-likeness (QED) is 0.584. The van der Waals surface area contributed by atoms with E-state index in [1.807, 2.05) is 12.4 Å². The molecule has 0 aromatic carbocycles. The van der Waals surface area contributed by atoms with Gasteiger partial charge in [-0.15, -0.1) is 0 Å². The Morgan fingerprint density at radius 1 is 1.55 bits per heavy atom. The highest BCUT2D eigenvalue weighted by molar-refractivity contribution is 6.28. The minimum atomic E-state index is 0.174. The third-order valence-electron chi connectivity index (χ3n) is 1.69. The maximum absolute atomic E-state index is 5.41. The molecule has 0 amide bonds. The van der Waals surface area contributed by atoms with Gasteiger partial charge in [-0.2, -0.15) is 5.10 Å². The van der Waals surface area contributed by atoms with E-state index in [9.17, 15) is 0 Å². The summed E-state index contributed by atoms with van der Waals surface area (Å²) < 4.78 is 1.74. The highest BCUT2D eigenvalue weighted by Gasteiger charge is 2.14. The van der Waals surface area contributed by atoms with E-state index in [4.69, 9.17) is 5.64 Å². The molecule has 0 saturated heterocycles. The van der Waals surface area contributed by atoms with Crippen LogP contribution in [0.5, 0.6) is 0 Å². The third-order valence-corrected chi connectivity index (χ3v) is 1.69. The number of hydrogen-bond acceptors (Lipinski definition) is 2. The molecule has 3 nitrogen and oxygen atoms in total. The molecule has 0 fully saturated rings. The number of nitrogens with zero attached hydrogens (tertiary/aromatic N) is 2. The molecule has 0 unspecified atom stereocenters. The Morgan fingerprint density at radius 2 is 2.18 bits per heavy atom. The summed E-state index contributed by atoms with van der Waals surface area (Å²) in [5, 5.41) is 4.09. The van der Waals surface area contributed by atoms with Crippen molar-refractivity contribution >= 4 is 7.55 Å². The summed E-state index contributed by atoms with van der Waals surface area (Å²) >= 11 is 0. The largest absolute Gasteiger partial charge is 0.352 e. The van der Waals surface area contributed by atoms with Crippen LogP contribution in [0.4, 0.5) is 0 Å². The summed E-state index contributed by atoms with van der Waals surface area (Å²) in [5.74, 6) is 0. The Kier molecular flexibility index (Phi) is 2.04. The molecular weight excluding hydrogens is 137 g/mol. The van der Waals surface area contributed by atoms with Gasteiger partial charge in [0.25, 0.3) is 0 Å². The van der Waals surface area contributed by atoms with Crippen molar-refractivity contribution in [2.24, 2.45) is 5.64 Å². The number of nitrogens with two attached hydrogens (primary N) is 1. The molecule has 0 aliphatic rings. The molecule has 0 saturated carbocycles. The lowest BCUT2D eigenvalue weighted by atomic mass is 9.90. The maximum atomic E-state index is 5.41. The van der Waals surface area contributed by atoms with Crippen molar-refractivity contribution in [2.75, 3.05) is 0 Å². The van der Waals surface area contributed by atoms with Gasteiger partial charge in [-0.3, -0.25) is 0 Å². The average molecular weight is 151 g/mol. The fraction of sp³-hybridized carbons (Fsp3) is 0.571.